The fourth-order valence-electron chi connectivity index (χ4n) is 3.85. The smallest absolute Gasteiger partial charge is 0.256 e. The average Bonchev–Trinajstić information content (AvgIpc) is 2.77. The van der Waals surface area contributed by atoms with Crippen molar-refractivity contribution in [2.75, 3.05) is 32.8 Å². The summed E-state index contributed by atoms with van der Waals surface area (Å²) in [5, 5.41) is 2.96. The highest BCUT2D eigenvalue weighted by atomic mass is 16.5. The maximum absolute atomic E-state index is 12.9. The van der Waals surface area contributed by atoms with E-state index in [9.17, 15) is 4.79 Å². The Balaban J connectivity index is 2.12. The van der Waals surface area contributed by atoms with Crippen LogP contribution in [0.2, 0.25) is 0 Å². The third-order valence-corrected chi connectivity index (χ3v) is 5.43. The van der Waals surface area contributed by atoms with E-state index < -0.39 is 0 Å². The maximum atomic E-state index is 12.9. The van der Waals surface area contributed by atoms with E-state index in [1.165, 1.54) is 6.42 Å². The number of benzene rings is 1. The molecule has 31 heavy (non-hydrogen) atoms. The molecule has 1 aromatic heterocycles. The van der Waals surface area contributed by atoms with Crippen molar-refractivity contribution in [1.82, 2.24) is 15.3 Å². The minimum absolute atomic E-state index is 0.0221. The van der Waals surface area contributed by atoms with Crippen molar-refractivity contribution >= 4 is 11.7 Å². The SMILES string of the molecule is COc1cc(-c2ncc(C(=O)NC(C)C)c(N3CCCCC3C)n2)cc(OC)c1OC. The van der Waals surface area contributed by atoms with E-state index in [0.29, 0.717) is 40.5 Å². The van der Waals surface area contributed by atoms with Gasteiger partial charge in [0.25, 0.3) is 5.91 Å². The first-order chi connectivity index (χ1) is 14.9. The quantitative estimate of drug-likeness (QED) is 0.720. The number of methoxy groups -OCH3 is 3. The second-order valence-electron chi connectivity index (χ2n) is 8.01. The van der Waals surface area contributed by atoms with Gasteiger partial charge in [0.15, 0.2) is 17.3 Å². The molecule has 1 aliphatic heterocycles. The molecule has 2 aromatic rings. The molecule has 168 valence electrons. The summed E-state index contributed by atoms with van der Waals surface area (Å²) in [6, 6.07) is 3.94. The normalized spacial score (nSPS) is 16.2. The van der Waals surface area contributed by atoms with Crippen LogP contribution in [-0.4, -0.2) is 55.8 Å². The van der Waals surface area contributed by atoms with E-state index in [1.807, 2.05) is 26.0 Å². The zero-order chi connectivity index (χ0) is 22.5. The lowest BCUT2D eigenvalue weighted by atomic mass is 10.0. The minimum atomic E-state index is -0.167. The van der Waals surface area contributed by atoms with Crippen molar-refractivity contribution in [3.63, 3.8) is 0 Å². The van der Waals surface area contributed by atoms with Gasteiger partial charge in [0, 0.05) is 30.4 Å². The van der Waals surface area contributed by atoms with Gasteiger partial charge >= 0.3 is 0 Å². The van der Waals surface area contributed by atoms with Crippen LogP contribution in [0.15, 0.2) is 18.3 Å². The summed E-state index contributed by atoms with van der Waals surface area (Å²) in [6.07, 6.45) is 4.92. The number of anilines is 1. The average molecular weight is 429 g/mol. The molecule has 0 bridgehead atoms. The second-order valence-corrected chi connectivity index (χ2v) is 8.01. The van der Waals surface area contributed by atoms with Gasteiger partial charge in [-0.2, -0.15) is 0 Å². The highest BCUT2D eigenvalue weighted by Crippen LogP contribution is 2.41. The number of nitrogens with zero attached hydrogens (tertiary/aromatic N) is 3. The Morgan fingerprint density at radius 1 is 1.13 bits per heavy atom. The summed E-state index contributed by atoms with van der Waals surface area (Å²) in [5.41, 5.74) is 1.20. The predicted octanol–water partition coefficient (Wildman–Crippen LogP) is 3.69. The third kappa shape index (κ3) is 4.84. The van der Waals surface area contributed by atoms with Crippen LogP contribution in [-0.2, 0) is 0 Å². The number of hydrogen-bond acceptors (Lipinski definition) is 7. The van der Waals surface area contributed by atoms with Crippen LogP contribution in [0.1, 0.15) is 50.4 Å². The molecule has 0 spiro atoms. The van der Waals surface area contributed by atoms with Crippen LogP contribution >= 0.6 is 0 Å². The highest BCUT2D eigenvalue weighted by molar-refractivity contribution is 5.99. The van der Waals surface area contributed by atoms with Crippen LogP contribution < -0.4 is 24.4 Å². The number of amides is 1. The van der Waals surface area contributed by atoms with Crippen LogP contribution in [0.3, 0.4) is 0 Å². The van der Waals surface area contributed by atoms with Crippen molar-refractivity contribution in [3.8, 4) is 28.6 Å². The third-order valence-electron chi connectivity index (χ3n) is 5.43. The van der Waals surface area contributed by atoms with Gasteiger partial charge in [0.05, 0.1) is 21.3 Å². The molecule has 1 N–H and O–H groups in total. The molecule has 8 nitrogen and oxygen atoms in total. The van der Waals surface area contributed by atoms with E-state index in [2.05, 4.69) is 22.1 Å². The molecule has 1 amide bonds. The Morgan fingerprint density at radius 3 is 2.35 bits per heavy atom. The van der Waals surface area contributed by atoms with Gasteiger partial charge in [-0.3, -0.25) is 4.79 Å². The van der Waals surface area contributed by atoms with Crippen LogP contribution in [0.25, 0.3) is 11.4 Å². The van der Waals surface area contributed by atoms with Crippen LogP contribution in [0.5, 0.6) is 17.2 Å². The van der Waals surface area contributed by atoms with Gasteiger partial charge in [-0.1, -0.05) is 0 Å². The van der Waals surface area contributed by atoms with Gasteiger partial charge in [-0.25, -0.2) is 9.97 Å². The monoisotopic (exact) mass is 428 g/mol. The molecule has 0 aliphatic carbocycles. The second kappa shape index (κ2) is 9.85. The summed E-state index contributed by atoms with van der Waals surface area (Å²) >= 11 is 0. The Labute approximate surface area is 183 Å². The first-order valence-corrected chi connectivity index (χ1v) is 10.6. The van der Waals surface area contributed by atoms with Gasteiger partial charge in [-0.15, -0.1) is 0 Å². The topological polar surface area (TPSA) is 85.8 Å². The number of carbonyl (C=O) groups is 1. The highest BCUT2D eigenvalue weighted by Gasteiger charge is 2.26. The first-order valence-electron chi connectivity index (χ1n) is 10.6. The number of piperidine rings is 1. The molecule has 0 saturated carbocycles. The van der Waals surface area contributed by atoms with Crippen molar-refractivity contribution in [1.29, 1.82) is 0 Å². The van der Waals surface area contributed by atoms with Gasteiger partial charge in [0.2, 0.25) is 5.75 Å². The van der Waals surface area contributed by atoms with Crippen molar-refractivity contribution in [2.24, 2.45) is 0 Å². The summed E-state index contributed by atoms with van der Waals surface area (Å²) < 4.78 is 16.4. The molecular formula is C23H32N4O4. The molecule has 1 aromatic carbocycles. The molecule has 8 heteroatoms. The van der Waals surface area contributed by atoms with Gasteiger partial charge in [0.1, 0.15) is 11.4 Å². The number of aromatic nitrogens is 2. The Kier molecular flexibility index (Phi) is 7.20. The summed E-state index contributed by atoms with van der Waals surface area (Å²) in [5.74, 6) is 2.54. The molecule has 1 aliphatic rings. The number of carbonyl (C=O) groups excluding carboxylic acids is 1. The summed E-state index contributed by atoms with van der Waals surface area (Å²) in [4.78, 5) is 24.5. The molecule has 1 unspecified atom stereocenters. The lowest BCUT2D eigenvalue weighted by Crippen LogP contribution is -2.40. The molecule has 2 heterocycles. The first kappa shape index (κ1) is 22.7. The molecular weight excluding hydrogens is 396 g/mol. The Hall–Kier alpha value is -3.03. The van der Waals surface area contributed by atoms with E-state index in [1.54, 1.807) is 27.5 Å². The molecule has 1 atom stereocenters. The lowest BCUT2D eigenvalue weighted by Gasteiger charge is -2.35. The zero-order valence-electron chi connectivity index (χ0n) is 19.2. The number of nitrogens with one attached hydrogen (secondary N) is 1. The fourth-order valence-corrected chi connectivity index (χ4v) is 3.85. The van der Waals surface area contributed by atoms with E-state index in [-0.39, 0.29) is 11.9 Å². The molecule has 1 fully saturated rings. The van der Waals surface area contributed by atoms with Crippen molar-refractivity contribution in [3.05, 3.63) is 23.9 Å². The van der Waals surface area contributed by atoms with Crippen LogP contribution in [0.4, 0.5) is 5.82 Å². The molecule has 1 saturated heterocycles. The summed E-state index contributed by atoms with van der Waals surface area (Å²) in [7, 11) is 4.71. The number of hydrogen-bond donors (Lipinski definition) is 1. The van der Waals surface area contributed by atoms with Crippen molar-refractivity contribution < 1.29 is 19.0 Å². The molecule has 3 rings (SSSR count). The predicted molar refractivity (Wildman–Crippen MR) is 120 cm³/mol. The largest absolute Gasteiger partial charge is 0.493 e. The van der Waals surface area contributed by atoms with Gasteiger partial charge < -0.3 is 24.4 Å². The van der Waals surface area contributed by atoms with Crippen molar-refractivity contribution in [2.45, 2.75) is 52.1 Å². The fraction of sp³-hybridized carbons (Fsp3) is 0.522. The number of ether oxygens (including phenoxy) is 3. The van der Waals surface area contributed by atoms with E-state index in [4.69, 9.17) is 19.2 Å². The lowest BCUT2D eigenvalue weighted by molar-refractivity contribution is 0.0942. The standard InChI is InChI=1S/C23H32N4O4/c1-14(2)25-23(28)17-13-24-21(26-22(17)27-10-8-7-9-15(27)3)16-11-18(29-4)20(31-6)19(12-16)30-5/h11-15H,7-10H2,1-6H3,(H,25,28). The van der Waals surface area contributed by atoms with E-state index in [0.717, 1.165) is 24.9 Å². The minimum Gasteiger partial charge on any atom is -0.493 e. The van der Waals surface area contributed by atoms with E-state index >= 15 is 0 Å². The Bertz CT molecular complexity index is 907. The van der Waals surface area contributed by atoms with Crippen LogP contribution in [0, 0.1) is 0 Å². The number of rotatable bonds is 7. The Morgan fingerprint density at radius 2 is 1.81 bits per heavy atom. The maximum Gasteiger partial charge on any atom is 0.256 e. The van der Waals surface area contributed by atoms with Gasteiger partial charge in [-0.05, 0) is 52.2 Å². The molecule has 0 radical (unpaired) electrons. The summed E-state index contributed by atoms with van der Waals surface area (Å²) in [6.45, 7) is 6.90. The zero-order valence-corrected chi connectivity index (χ0v) is 19.2.